The topological polar surface area (TPSA) is 47.0 Å². The minimum Gasteiger partial charge on any atom is -0.303 e. The van der Waals surface area contributed by atoms with Crippen LogP contribution in [0.4, 0.5) is 8.78 Å². The number of pyridine rings is 1. The molecule has 1 saturated carbocycles. The Kier molecular flexibility index (Phi) is 9.84. The van der Waals surface area contributed by atoms with Crippen LogP contribution in [0.3, 0.4) is 0 Å². The van der Waals surface area contributed by atoms with Gasteiger partial charge in [-0.15, -0.1) is 0 Å². The van der Waals surface area contributed by atoms with Crippen molar-refractivity contribution in [1.29, 1.82) is 0 Å². The predicted molar refractivity (Wildman–Crippen MR) is 113 cm³/mol. The first-order chi connectivity index (χ1) is 13.7. The number of hydrogen-bond donors (Lipinski definition) is 0. The Morgan fingerprint density at radius 1 is 1.38 bits per heavy atom. The number of aldehydes is 1. The maximum atomic E-state index is 13.4. The number of rotatable bonds is 11. The smallest absolute Gasteiger partial charge is 0.303 e. The number of halogens is 3. The summed E-state index contributed by atoms with van der Waals surface area (Å²) >= 11 is 5.08. The van der Waals surface area contributed by atoms with Crippen molar-refractivity contribution in [3.05, 3.63) is 53.4 Å². The lowest BCUT2D eigenvalue weighted by Gasteiger charge is -2.15. The summed E-state index contributed by atoms with van der Waals surface area (Å²) in [7, 11) is 0. The summed E-state index contributed by atoms with van der Waals surface area (Å²) in [5, 5.41) is -3.59. The van der Waals surface area contributed by atoms with Gasteiger partial charge < -0.3 is 4.79 Å². The second-order valence-corrected chi connectivity index (χ2v) is 7.48. The Morgan fingerprint density at radius 3 is 2.48 bits per heavy atom. The second-order valence-electron chi connectivity index (χ2n) is 7.01. The highest BCUT2D eigenvalue weighted by molar-refractivity contribution is 6.21. The zero-order valence-electron chi connectivity index (χ0n) is 17.4. The summed E-state index contributed by atoms with van der Waals surface area (Å²) in [6, 6.07) is 2.40. The lowest BCUT2D eigenvalue weighted by atomic mass is 9.89. The van der Waals surface area contributed by atoms with Gasteiger partial charge in [0.25, 0.3) is 0 Å². The number of carbonyl (C=O) groups excluding carboxylic acids is 2. The van der Waals surface area contributed by atoms with Gasteiger partial charge in [0.2, 0.25) is 0 Å². The fourth-order valence-corrected chi connectivity index (χ4v) is 3.18. The molecule has 0 amide bonds. The van der Waals surface area contributed by atoms with E-state index in [1.807, 2.05) is 20.8 Å². The van der Waals surface area contributed by atoms with Gasteiger partial charge in [-0.2, -0.15) is 8.78 Å². The molecule has 2 atom stereocenters. The summed E-state index contributed by atoms with van der Waals surface area (Å²) in [4.78, 5) is 28.2. The van der Waals surface area contributed by atoms with Crippen molar-refractivity contribution < 1.29 is 18.4 Å². The van der Waals surface area contributed by atoms with Gasteiger partial charge in [-0.05, 0) is 43.0 Å². The molecule has 1 aliphatic rings. The number of nitrogens with zero attached hydrogens (tertiary/aromatic N) is 1. The minimum absolute atomic E-state index is 0.0504. The van der Waals surface area contributed by atoms with Gasteiger partial charge >= 0.3 is 5.38 Å². The molecule has 1 fully saturated rings. The zero-order valence-corrected chi connectivity index (χ0v) is 18.2. The number of unbranched alkanes of at least 4 members (excludes halogenated alkanes) is 2. The molecule has 0 saturated heterocycles. The third-order valence-electron chi connectivity index (χ3n) is 4.87. The number of hydrogen-bond acceptors (Lipinski definition) is 3. The van der Waals surface area contributed by atoms with Crippen LogP contribution in [0.5, 0.6) is 0 Å². The average molecular weight is 426 g/mol. The molecule has 0 aromatic carbocycles. The van der Waals surface area contributed by atoms with Gasteiger partial charge in [0, 0.05) is 23.8 Å². The van der Waals surface area contributed by atoms with Crippen molar-refractivity contribution in [3.8, 4) is 0 Å². The predicted octanol–water partition coefficient (Wildman–Crippen LogP) is 6.65. The first-order valence-electron chi connectivity index (χ1n) is 10.1. The molecular weight excluding hydrogens is 396 g/mol. The monoisotopic (exact) mass is 425 g/mol. The Balaban J connectivity index is 0.00000204. The average Bonchev–Trinajstić information content (AvgIpc) is 3.43. The number of alkyl halides is 3. The molecule has 0 bridgehead atoms. The Hall–Kier alpha value is -1.88. The number of Topliss-reactive ketones (excluding diaryl/α,β-unsaturated/α-hetero) is 1. The maximum Gasteiger partial charge on any atom is 0.364 e. The van der Waals surface area contributed by atoms with E-state index in [0.717, 1.165) is 43.6 Å². The molecule has 0 N–H and O–H groups in total. The van der Waals surface area contributed by atoms with E-state index in [1.165, 1.54) is 6.07 Å². The van der Waals surface area contributed by atoms with Crippen molar-refractivity contribution in [3.63, 3.8) is 0 Å². The summed E-state index contributed by atoms with van der Waals surface area (Å²) in [6.45, 7) is 13.8. The van der Waals surface area contributed by atoms with Crippen LogP contribution in [0.2, 0.25) is 0 Å². The molecule has 3 nitrogen and oxygen atoms in total. The van der Waals surface area contributed by atoms with Crippen molar-refractivity contribution in [2.75, 3.05) is 0 Å². The molecule has 0 radical (unpaired) electrons. The van der Waals surface area contributed by atoms with E-state index in [2.05, 4.69) is 18.1 Å². The summed E-state index contributed by atoms with van der Waals surface area (Å²) in [6.07, 6.45) is 4.44. The Labute approximate surface area is 177 Å². The number of ketones is 1. The quantitative estimate of drug-likeness (QED) is 0.131. The molecule has 1 aliphatic carbocycles. The summed E-state index contributed by atoms with van der Waals surface area (Å²) < 4.78 is 26.8. The van der Waals surface area contributed by atoms with Crippen molar-refractivity contribution in [2.24, 2.45) is 11.8 Å². The zero-order chi connectivity index (χ0) is 22.2. The largest absolute Gasteiger partial charge is 0.364 e. The minimum atomic E-state index is -3.59. The van der Waals surface area contributed by atoms with Crippen LogP contribution in [0.25, 0.3) is 0 Å². The fraction of sp³-hybridized carbons (Fsp3) is 0.522. The maximum absolute atomic E-state index is 13.4. The normalized spacial score (nSPS) is 16.5. The van der Waals surface area contributed by atoms with Crippen LogP contribution in [-0.2, 0) is 16.6 Å². The van der Waals surface area contributed by atoms with Gasteiger partial charge in [-0.3, -0.25) is 4.79 Å². The molecule has 6 heteroatoms. The molecular formula is C23H30ClF2NO2. The standard InChI is InChI=1S/C21H24ClF2NO2.C2H6/c1-4-5-6-7-18-16(8-9-20(25-18)21(22,23)24)19(27)11-15(12-26)14(3)17-10-13(17)2;1-2/h8-9,12,15,17H,2-7,10-11H2,1H3;1-2H3. The fourth-order valence-electron chi connectivity index (χ4n) is 3.08. The van der Waals surface area contributed by atoms with Crippen LogP contribution in [-0.4, -0.2) is 17.1 Å². The number of aryl methyl sites for hydroxylation is 1. The summed E-state index contributed by atoms with van der Waals surface area (Å²) in [5.41, 5.74) is 1.70. The van der Waals surface area contributed by atoms with Gasteiger partial charge in [0.1, 0.15) is 12.0 Å². The highest BCUT2D eigenvalue weighted by atomic mass is 35.5. The van der Waals surface area contributed by atoms with E-state index in [1.54, 1.807) is 0 Å². The van der Waals surface area contributed by atoms with Gasteiger partial charge in [0.05, 0.1) is 5.69 Å². The van der Waals surface area contributed by atoms with E-state index in [4.69, 9.17) is 11.6 Å². The van der Waals surface area contributed by atoms with E-state index in [9.17, 15) is 18.4 Å². The van der Waals surface area contributed by atoms with Gasteiger partial charge in [-0.1, -0.05) is 57.9 Å². The van der Waals surface area contributed by atoms with Gasteiger partial charge in [0.15, 0.2) is 5.78 Å². The molecule has 0 aliphatic heterocycles. The molecule has 2 unspecified atom stereocenters. The van der Waals surface area contributed by atoms with Crippen molar-refractivity contribution in [1.82, 2.24) is 4.98 Å². The van der Waals surface area contributed by atoms with E-state index < -0.39 is 17.0 Å². The highest BCUT2D eigenvalue weighted by Gasteiger charge is 2.35. The Bertz CT molecular complexity index is 756. The van der Waals surface area contributed by atoms with Crippen LogP contribution >= 0.6 is 11.6 Å². The SMILES string of the molecule is C=C1CC1C(=C)C(C=O)CC(=O)c1ccc(C(F)(F)Cl)nc1CCCCC.CC. The lowest BCUT2D eigenvalue weighted by molar-refractivity contribution is -0.110. The Morgan fingerprint density at radius 2 is 2.00 bits per heavy atom. The van der Waals surface area contributed by atoms with Gasteiger partial charge in [-0.25, -0.2) is 4.98 Å². The van der Waals surface area contributed by atoms with Crippen LogP contribution in [0, 0.1) is 11.8 Å². The first kappa shape index (κ1) is 25.2. The highest BCUT2D eigenvalue weighted by Crippen LogP contribution is 2.44. The number of carbonyl (C=O) groups is 2. The summed E-state index contributed by atoms with van der Waals surface area (Å²) in [5.74, 6) is -0.824. The molecule has 1 heterocycles. The molecule has 1 aromatic rings. The second kappa shape index (κ2) is 11.3. The number of allylic oxidation sites excluding steroid dienone is 2. The van der Waals surface area contributed by atoms with Crippen LogP contribution in [0.1, 0.15) is 74.6 Å². The lowest BCUT2D eigenvalue weighted by Crippen LogP contribution is -2.17. The van der Waals surface area contributed by atoms with E-state index >= 15 is 0 Å². The van der Waals surface area contributed by atoms with Crippen molar-refractivity contribution >= 4 is 23.7 Å². The molecule has 160 valence electrons. The van der Waals surface area contributed by atoms with E-state index in [0.29, 0.717) is 17.7 Å². The van der Waals surface area contributed by atoms with E-state index in [-0.39, 0.29) is 23.7 Å². The van der Waals surface area contributed by atoms with Crippen LogP contribution in [0.15, 0.2) is 36.4 Å². The third kappa shape index (κ3) is 7.14. The van der Waals surface area contributed by atoms with Crippen LogP contribution < -0.4 is 0 Å². The molecule has 29 heavy (non-hydrogen) atoms. The molecule has 0 spiro atoms. The first-order valence-corrected chi connectivity index (χ1v) is 10.5. The van der Waals surface area contributed by atoms with Crippen molar-refractivity contribution in [2.45, 2.75) is 64.7 Å². The number of aromatic nitrogens is 1. The molecule has 2 rings (SSSR count). The molecule has 1 aromatic heterocycles. The third-order valence-corrected chi connectivity index (χ3v) is 5.07.